The van der Waals surface area contributed by atoms with E-state index in [9.17, 15) is 4.79 Å². The zero-order valence-electron chi connectivity index (χ0n) is 15.2. The molecule has 0 aromatic carbocycles. The molecule has 0 rings (SSSR count). The highest BCUT2D eigenvalue weighted by Crippen LogP contribution is 1.86. The third-order valence-electron chi connectivity index (χ3n) is 2.68. The lowest BCUT2D eigenvalue weighted by atomic mass is 10.6. The lowest BCUT2D eigenvalue weighted by Crippen LogP contribution is -2.15. The van der Waals surface area contributed by atoms with Gasteiger partial charge in [0.1, 0.15) is 6.61 Å². The number of aliphatic carboxylic acids is 1. The van der Waals surface area contributed by atoms with Gasteiger partial charge in [-0.3, -0.25) is 0 Å². The van der Waals surface area contributed by atoms with Crippen molar-refractivity contribution in [2.45, 2.75) is 0 Å². The van der Waals surface area contributed by atoms with E-state index < -0.39 is 5.97 Å². The van der Waals surface area contributed by atoms with E-state index in [1.165, 1.54) is 0 Å². The summed E-state index contributed by atoms with van der Waals surface area (Å²) in [5, 5.41) is 8.36. The van der Waals surface area contributed by atoms with E-state index in [4.69, 9.17) is 38.3 Å². The number of ether oxygens (including phenoxy) is 7. The average Bonchev–Trinajstić information content (AvgIpc) is 2.62. The molecule has 1 N–H and O–H groups in total. The highest BCUT2D eigenvalue weighted by Gasteiger charge is 1.96. The first-order chi connectivity index (χ1) is 12.8. The maximum absolute atomic E-state index is 10.2. The first-order valence-electron chi connectivity index (χ1n) is 8.59. The van der Waals surface area contributed by atoms with Crippen molar-refractivity contribution in [2.24, 2.45) is 0 Å². The second-order valence-electron chi connectivity index (χ2n) is 4.81. The molecule has 0 heterocycles. The molecule has 0 fully saturated rings. The van der Waals surface area contributed by atoms with Gasteiger partial charge in [0.05, 0.1) is 85.9 Å². The molecule has 0 spiro atoms. The van der Waals surface area contributed by atoms with Crippen LogP contribution in [-0.4, -0.2) is 108 Å². The van der Waals surface area contributed by atoms with Crippen LogP contribution in [0.3, 0.4) is 0 Å². The highest BCUT2D eigenvalue weighted by atomic mass is 127. The fourth-order valence-electron chi connectivity index (χ4n) is 1.53. The Balaban J connectivity index is 2.98. The lowest BCUT2D eigenvalue weighted by molar-refractivity contribution is -0.142. The van der Waals surface area contributed by atoms with E-state index >= 15 is 0 Å². The quantitative estimate of drug-likeness (QED) is 0.132. The number of rotatable bonds is 22. The van der Waals surface area contributed by atoms with Crippen LogP contribution in [0.2, 0.25) is 0 Å². The van der Waals surface area contributed by atoms with Gasteiger partial charge < -0.3 is 38.3 Å². The van der Waals surface area contributed by atoms with Crippen LogP contribution in [0.25, 0.3) is 0 Å². The third kappa shape index (κ3) is 23.9. The molecule has 156 valence electrons. The molecule has 0 aliphatic carbocycles. The van der Waals surface area contributed by atoms with Gasteiger partial charge in [-0.2, -0.15) is 0 Å². The van der Waals surface area contributed by atoms with Gasteiger partial charge in [-0.1, -0.05) is 22.6 Å². The minimum absolute atomic E-state index is 0.257. The van der Waals surface area contributed by atoms with E-state index in [0.717, 1.165) is 11.0 Å². The van der Waals surface area contributed by atoms with Crippen molar-refractivity contribution < 1.29 is 43.1 Å². The van der Waals surface area contributed by atoms with Gasteiger partial charge in [0.25, 0.3) is 0 Å². The van der Waals surface area contributed by atoms with Crippen molar-refractivity contribution in [3.05, 3.63) is 0 Å². The Bertz CT molecular complexity index is 295. The van der Waals surface area contributed by atoms with Crippen LogP contribution in [-0.2, 0) is 38.0 Å². The molecule has 0 aromatic rings. The van der Waals surface area contributed by atoms with Gasteiger partial charge in [-0.05, 0) is 0 Å². The maximum Gasteiger partial charge on any atom is 0.329 e. The number of carboxylic acid groups (broad SMARTS) is 1. The summed E-state index contributed by atoms with van der Waals surface area (Å²) < 4.78 is 37.7. The normalized spacial score (nSPS) is 11.1. The summed E-state index contributed by atoms with van der Waals surface area (Å²) in [6, 6.07) is 0. The smallest absolute Gasteiger partial charge is 0.329 e. The Morgan fingerprint density at radius 2 is 0.808 bits per heavy atom. The van der Waals surface area contributed by atoms with Crippen LogP contribution >= 0.6 is 22.6 Å². The summed E-state index contributed by atoms with van der Waals surface area (Å²) in [5.74, 6) is -0.986. The molecule has 0 amide bonds. The van der Waals surface area contributed by atoms with Crippen molar-refractivity contribution in [2.75, 3.05) is 96.9 Å². The Hall–Kier alpha value is -0.0800. The molecular weight excluding hydrogens is 463 g/mol. The summed E-state index contributed by atoms with van der Waals surface area (Å²) in [5.41, 5.74) is 0. The standard InChI is InChI=1S/C16H31IO9/c17-1-2-20-3-4-21-5-6-22-7-8-23-9-10-24-11-12-25-13-14-26-15-16(18)19/h1-15H2,(H,18,19). The minimum atomic E-state index is -0.986. The molecule has 0 aliphatic heterocycles. The molecule has 0 atom stereocenters. The summed E-state index contributed by atoms with van der Waals surface area (Å²) in [6.07, 6.45) is 0. The fraction of sp³-hybridized carbons (Fsp3) is 0.938. The Morgan fingerprint density at radius 1 is 0.538 bits per heavy atom. The Morgan fingerprint density at radius 3 is 1.08 bits per heavy atom. The molecule has 0 aromatic heterocycles. The van der Waals surface area contributed by atoms with Crippen molar-refractivity contribution in [3.8, 4) is 0 Å². The second kappa shape index (κ2) is 23.0. The zero-order valence-corrected chi connectivity index (χ0v) is 17.4. The minimum Gasteiger partial charge on any atom is -0.480 e. The molecule has 0 radical (unpaired) electrons. The van der Waals surface area contributed by atoms with Crippen molar-refractivity contribution in [3.63, 3.8) is 0 Å². The maximum atomic E-state index is 10.2. The highest BCUT2D eigenvalue weighted by molar-refractivity contribution is 14.1. The molecule has 0 aliphatic rings. The molecule has 0 bridgehead atoms. The summed E-state index contributed by atoms with van der Waals surface area (Å²) in [6.45, 7) is 6.27. The third-order valence-corrected chi connectivity index (χ3v) is 3.12. The van der Waals surface area contributed by atoms with Crippen LogP contribution < -0.4 is 0 Å². The SMILES string of the molecule is O=C(O)COCCOCCOCCOCCOCCOCCOCCI. The monoisotopic (exact) mass is 494 g/mol. The predicted octanol–water partition coefficient (Wildman–Crippen LogP) is 0.622. The first-order valence-corrected chi connectivity index (χ1v) is 10.1. The van der Waals surface area contributed by atoms with Crippen LogP contribution in [0.5, 0.6) is 0 Å². The van der Waals surface area contributed by atoms with E-state index in [-0.39, 0.29) is 13.2 Å². The van der Waals surface area contributed by atoms with Gasteiger partial charge in [-0.25, -0.2) is 4.79 Å². The van der Waals surface area contributed by atoms with E-state index in [1.54, 1.807) is 0 Å². The Labute approximate surface area is 168 Å². The van der Waals surface area contributed by atoms with Gasteiger partial charge in [-0.15, -0.1) is 0 Å². The Kier molecular flexibility index (Phi) is 22.9. The molecule has 0 unspecified atom stereocenters. The number of carbonyl (C=O) groups is 1. The van der Waals surface area contributed by atoms with Gasteiger partial charge in [0.15, 0.2) is 0 Å². The molecule has 10 heteroatoms. The van der Waals surface area contributed by atoms with Gasteiger partial charge in [0, 0.05) is 4.43 Å². The predicted molar refractivity (Wildman–Crippen MR) is 102 cm³/mol. The molecule has 26 heavy (non-hydrogen) atoms. The van der Waals surface area contributed by atoms with Crippen LogP contribution in [0.15, 0.2) is 0 Å². The molecule has 0 saturated heterocycles. The van der Waals surface area contributed by atoms with E-state index in [0.29, 0.717) is 72.7 Å². The van der Waals surface area contributed by atoms with Gasteiger partial charge in [0.2, 0.25) is 0 Å². The van der Waals surface area contributed by atoms with Crippen LogP contribution in [0, 0.1) is 0 Å². The van der Waals surface area contributed by atoms with Crippen molar-refractivity contribution >= 4 is 28.6 Å². The number of alkyl halides is 1. The zero-order chi connectivity index (χ0) is 19.1. The van der Waals surface area contributed by atoms with Crippen molar-refractivity contribution in [1.82, 2.24) is 0 Å². The summed E-state index contributed by atoms with van der Waals surface area (Å²) in [4.78, 5) is 10.2. The topological polar surface area (TPSA) is 102 Å². The van der Waals surface area contributed by atoms with E-state index in [2.05, 4.69) is 22.6 Å². The average molecular weight is 494 g/mol. The van der Waals surface area contributed by atoms with Crippen LogP contribution in [0.4, 0.5) is 0 Å². The number of halogens is 1. The van der Waals surface area contributed by atoms with Crippen LogP contribution in [0.1, 0.15) is 0 Å². The summed E-state index contributed by atoms with van der Waals surface area (Å²) >= 11 is 2.27. The first kappa shape index (κ1) is 25.9. The number of hydrogen-bond acceptors (Lipinski definition) is 8. The van der Waals surface area contributed by atoms with E-state index in [1.807, 2.05) is 0 Å². The second-order valence-corrected chi connectivity index (χ2v) is 5.89. The number of hydrogen-bond donors (Lipinski definition) is 1. The molecular formula is C16H31IO9. The molecule has 0 saturated carbocycles. The fourth-order valence-corrected chi connectivity index (χ4v) is 1.84. The number of carboxylic acids is 1. The van der Waals surface area contributed by atoms with Crippen molar-refractivity contribution in [1.29, 1.82) is 0 Å². The lowest BCUT2D eigenvalue weighted by Gasteiger charge is -2.08. The van der Waals surface area contributed by atoms with Gasteiger partial charge >= 0.3 is 5.97 Å². The molecule has 9 nitrogen and oxygen atoms in total. The summed E-state index contributed by atoms with van der Waals surface area (Å²) in [7, 11) is 0. The largest absolute Gasteiger partial charge is 0.480 e.